The van der Waals surface area contributed by atoms with Crippen LogP contribution >= 0.6 is 0 Å². The SMILES string of the molecule is CC(C)(C)OC(=O)NCCC(O)C(O)c1cc([N+](=O)[O-])cnc1N. The molecule has 1 aromatic rings. The van der Waals surface area contributed by atoms with Gasteiger partial charge in [0.1, 0.15) is 23.7 Å². The molecule has 1 rings (SSSR count). The summed E-state index contributed by atoms with van der Waals surface area (Å²) < 4.78 is 5.03. The summed E-state index contributed by atoms with van der Waals surface area (Å²) >= 11 is 0. The highest BCUT2D eigenvalue weighted by atomic mass is 16.6. The molecular weight excluding hydrogens is 320 g/mol. The van der Waals surface area contributed by atoms with Gasteiger partial charge in [-0.05, 0) is 27.2 Å². The zero-order chi connectivity index (χ0) is 18.5. The molecule has 134 valence electrons. The Morgan fingerprint density at radius 3 is 2.67 bits per heavy atom. The molecule has 2 unspecified atom stereocenters. The number of carbonyl (C=O) groups is 1. The van der Waals surface area contributed by atoms with E-state index < -0.39 is 28.8 Å². The van der Waals surface area contributed by atoms with Crippen molar-refractivity contribution in [3.05, 3.63) is 27.9 Å². The second-order valence-electron chi connectivity index (χ2n) is 6.15. The predicted octanol–water partition coefficient (Wildman–Crippen LogP) is 0.881. The van der Waals surface area contributed by atoms with Gasteiger partial charge in [0.15, 0.2) is 0 Å². The number of hydrogen-bond donors (Lipinski definition) is 4. The molecule has 1 heterocycles. The quantitative estimate of drug-likeness (QED) is 0.437. The van der Waals surface area contributed by atoms with Crippen LogP contribution in [0.25, 0.3) is 0 Å². The maximum atomic E-state index is 11.5. The van der Waals surface area contributed by atoms with Crippen LogP contribution in [0.4, 0.5) is 16.3 Å². The van der Waals surface area contributed by atoms with Crippen LogP contribution in [0.1, 0.15) is 38.9 Å². The van der Waals surface area contributed by atoms with Gasteiger partial charge in [0.05, 0.1) is 11.0 Å². The fraction of sp³-hybridized carbons (Fsp3) is 0.571. The molecule has 10 heteroatoms. The van der Waals surface area contributed by atoms with E-state index in [0.29, 0.717) is 0 Å². The van der Waals surface area contributed by atoms with Gasteiger partial charge < -0.3 is 26.0 Å². The highest BCUT2D eigenvalue weighted by Gasteiger charge is 2.24. The maximum Gasteiger partial charge on any atom is 0.407 e. The van der Waals surface area contributed by atoms with Crippen molar-refractivity contribution in [2.75, 3.05) is 12.3 Å². The fourth-order valence-electron chi connectivity index (χ4n) is 1.82. The molecule has 0 aromatic carbocycles. The van der Waals surface area contributed by atoms with Crippen molar-refractivity contribution in [1.29, 1.82) is 0 Å². The number of ether oxygens (including phenoxy) is 1. The minimum Gasteiger partial charge on any atom is -0.444 e. The zero-order valence-electron chi connectivity index (χ0n) is 13.7. The lowest BCUT2D eigenvalue weighted by atomic mass is 10.0. The second-order valence-corrected chi connectivity index (χ2v) is 6.15. The van der Waals surface area contributed by atoms with Gasteiger partial charge in [0.2, 0.25) is 0 Å². The number of hydrogen-bond acceptors (Lipinski definition) is 8. The van der Waals surface area contributed by atoms with E-state index >= 15 is 0 Å². The van der Waals surface area contributed by atoms with Crippen molar-refractivity contribution in [2.24, 2.45) is 0 Å². The van der Waals surface area contributed by atoms with E-state index in [-0.39, 0.29) is 30.0 Å². The lowest BCUT2D eigenvalue weighted by Gasteiger charge is -2.21. The van der Waals surface area contributed by atoms with Crippen LogP contribution < -0.4 is 11.1 Å². The molecule has 5 N–H and O–H groups in total. The second kappa shape index (κ2) is 7.88. The van der Waals surface area contributed by atoms with E-state index in [1.165, 1.54) is 0 Å². The summed E-state index contributed by atoms with van der Waals surface area (Å²) in [5, 5.41) is 33.2. The number of aliphatic hydroxyl groups excluding tert-OH is 2. The Kier molecular flexibility index (Phi) is 6.43. The molecule has 1 aromatic heterocycles. The molecule has 24 heavy (non-hydrogen) atoms. The van der Waals surface area contributed by atoms with Gasteiger partial charge in [-0.1, -0.05) is 0 Å². The number of nitrogens with zero attached hydrogens (tertiary/aromatic N) is 2. The monoisotopic (exact) mass is 342 g/mol. The number of alkyl carbamates (subject to hydrolysis) is 1. The van der Waals surface area contributed by atoms with Gasteiger partial charge in [0, 0.05) is 18.2 Å². The van der Waals surface area contributed by atoms with Crippen LogP contribution in [0, 0.1) is 10.1 Å². The maximum absolute atomic E-state index is 11.5. The van der Waals surface area contributed by atoms with E-state index in [9.17, 15) is 25.1 Å². The first-order valence-electron chi connectivity index (χ1n) is 7.24. The number of aromatic nitrogens is 1. The van der Waals surface area contributed by atoms with Gasteiger partial charge in [0.25, 0.3) is 5.69 Å². The van der Waals surface area contributed by atoms with E-state index in [2.05, 4.69) is 10.3 Å². The Morgan fingerprint density at radius 2 is 2.12 bits per heavy atom. The summed E-state index contributed by atoms with van der Waals surface area (Å²) in [5.74, 6) is -0.118. The number of carbonyl (C=O) groups excluding carboxylic acids is 1. The summed E-state index contributed by atoms with van der Waals surface area (Å²) in [6.07, 6.45) is -2.48. The molecule has 0 saturated carbocycles. The number of nitrogen functional groups attached to an aromatic ring is 1. The predicted molar refractivity (Wildman–Crippen MR) is 85.1 cm³/mol. The number of pyridine rings is 1. The summed E-state index contributed by atoms with van der Waals surface area (Å²) in [7, 11) is 0. The number of nitrogens with two attached hydrogens (primary N) is 1. The Morgan fingerprint density at radius 1 is 1.50 bits per heavy atom. The van der Waals surface area contributed by atoms with Crippen LogP contribution in [0.5, 0.6) is 0 Å². The van der Waals surface area contributed by atoms with E-state index in [4.69, 9.17) is 10.5 Å². The first kappa shape index (κ1) is 19.6. The fourth-order valence-corrected chi connectivity index (χ4v) is 1.82. The first-order valence-corrected chi connectivity index (χ1v) is 7.24. The van der Waals surface area contributed by atoms with Crippen LogP contribution in [-0.2, 0) is 4.74 Å². The number of amides is 1. The molecule has 10 nitrogen and oxygen atoms in total. The van der Waals surface area contributed by atoms with Crippen LogP contribution in [0.2, 0.25) is 0 Å². The third-order valence-electron chi connectivity index (χ3n) is 2.94. The summed E-state index contributed by atoms with van der Waals surface area (Å²) in [6.45, 7) is 5.17. The van der Waals surface area contributed by atoms with Gasteiger partial charge >= 0.3 is 6.09 Å². The summed E-state index contributed by atoms with van der Waals surface area (Å²) in [4.78, 5) is 25.2. The largest absolute Gasteiger partial charge is 0.444 e. The number of aliphatic hydroxyl groups is 2. The lowest BCUT2D eigenvalue weighted by Crippen LogP contribution is -2.34. The lowest BCUT2D eigenvalue weighted by molar-refractivity contribution is -0.385. The molecule has 0 radical (unpaired) electrons. The molecule has 0 aliphatic carbocycles. The number of nitro groups is 1. The van der Waals surface area contributed by atoms with Crippen molar-refractivity contribution in [1.82, 2.24) is 10.3 Å². The van der Waals surface area contributed by atoms with E-state index in [1.54, 1.807) is 20.8 Å². The third-order valence-corrected chi connectivity index (χ3v) is 2.94. The molecule has 1 amide bonds. The zero-order valence-corrected chi connectivity index (χ0v) is 13.7. The standard InChI is InChI=1S/C14H22N4O6/c1-14(2,3)24-13(21)16-5-4-10(19)11(20)9-6-8(18(22)23)7-17-12(9)15/h6-7,10-11,19-20H,4-5H2,1-3H3,(H2,15,17)(H,16,21). The molecule has 0 saturated heterocycles. The highest BCUT2D eigenvalue weighted by molar-refractivity contribution is 5.67. The van der Waals surface area contributed by atoms with Crippen molar-refractivity contribution in [2.45, 2.75) is 45.0 Å². The van der Waals surface area contributed by atoms with E-state index in [0.717, 1.165) is 12.3 Å². The number of anilines is 1. The molecule has 0 aliphatic heterocycles. The van der Waals surface area contributed by atoms with Crippen molar-refractivity contribution in [3.8, 4) is 0 Å². The van der Waals surface area contributed by atoms with Gasteiger partial charge in [-0.3, -0.25) is 10.1 Å². The minimum absolute atomic E-state index is 0.0114. The Balaban J connectivity index is 2.62. The first-order chi connectivity index (χ1) is 11.0. The molecule has 0 spiro atoms. The number of rotatable bonds is 6. The average molecular weight is 342 g/mol. The highest BCUT2D eigenvalue weighted by Crippen LogP contribution is 2.26. The van der Waals surface area contributed by atoms with E-state index in [1.807, 2.05) is 0 Å². The van der Waals surface area contributed by atoms with Crippen LogP contribution in [-0.4, -0.2) is 44.5 Å². The molecule has 0 aliphatic rings. The Bertz CT molecular complexity index is 601. The van der Waals surface area contributed by atoms with Crippen molar-refractivity contribution in [3.63, 3.8) is 0 Å². The molecule has 0 fully saturated rings. The average Bonchev–Trinajstić information content (AvgIpc) is 2.44. The Labute approximate surface area is 138 Å². The van der Waals surface area contributed by atoms with Crippen LogP contribution in [0.15, 0.2) is 12.3 Å². The normalized spacial score (nSPS) is 13.9. The minimum atomic E-state index is -1.47. The summed E-state index contributed by atoms with van der Waals surface area (Å²) in [6, 6.07) is 1.05. The van der Waals surface area contributed by atoms with Gasteiger partial charge in [-0.15, -0.1) is 0 Å². The third kappa shape index (κ3) is 5.97. The molecule has 0 bridgehead atoms. The number of nitrogens with one attached hydrogen (secondary N) is 1. The molecular formula is C14H22N4O6. The van der Waals surface area contributed by atoms with Crippen molar-refractivity contribution < 1.29 is 24.7 Å². The smallest absolute Gasteiger partial charge is 0.407 e. The van der Waals surface area contributed by atoms with Crippen molar-refractivity contribution >= 4 is 17.6 Å². The van der Waals surface area contributed by atoms with Gasteiger partial charge in [-0.2, -0.15) is 0 Å². The Hall–Kier alpha value is -2.46. The topological polar surface area (TPSA) is 161 Å². The van der Waals surface area contributed by atoms with Crippen LogP contribution in [0.3, 0.4) is 0 Å². The molecule has 2 atom stereocenters. The van der Waals surface area contributed by atoms with Gasteiger partial charge in [-0.25, -0.2) is 9.78 Å². The summed E-state index contributed by atoms with van der Waals surface area (Å²) in [5.41, 5.74) is 4.54.